The fraction of sp³-hybridized carbons (Fsp3) is 0.273. The molecule has 60 heavy (non-hydrogen) atoms. The molecule has 16 heteroatoms. The van der Waals surface area contributed by atoms with Crippen molar-refractivity contribution in [3.63, 3.8) is 0 Å². The first-order valence-electron chi connectivity index (χ1n) is 19.6. The maximum absolute atomic E-state index is 13.9. The van der Waals surface area contributed by atoms with Crippen LogP contribution < -0.4 is 4.90 Å². The number of fused-ring (bicyclic) bond motifs is 3. The summed E-state index contributed by atoms with van der Waals surface area (Å²) in [4.78, 5) is 71.4. The monoisotopic (exact) mass is 811 g/mol. The summed E-state index contributed by atoms with van der Waals surface area (Å²) in [5, 5.41) is 41.5. The molecule has 3 heterocycles. The number of aliphatic hydroxyl groups is 1. The average Bonchev–Trinajstić information content (AvgIpc) is 3.27. The highest BCUT2D eigenvalue weighted by atomic mass is 16.6. The lowest BCUT2D eigenvalue weighted by Crippen LogP contribution is -2.49. The van der Waals surface area contributed by atoms with Gasteiger partial charge >= 0.3 is 5.97 Å². The van der Waals surface area contributed by atoms with Gasteiger partial charge in [0.15, 0.2) is 0 Å². The largest absolute Gasteiger partial charge is 0.478 e. The normalized spacial score (nSPS) is 16.1. The van der Waals surface area contributed by atoms with E-state index in [4.69, 9.17) is 4.74 Å². The van der Waals surface area contributed by atoms with E-state index in [0.717, 1.165) is 35.1 Å². The lowest BCUT2D eigenvalue weighted by molar-refractivity contribution is -0.385. The van der Waals surface area contributed by atoms with Crippen molar-refractivity contribution in [1.82, 2.24) is 14.7 Å². The molecule has 0 saturated carbocycles. The number of azo groups is 1. The van der Waals surface area contributed by atoms with Crippen molar-refractivity contribution in [2.24, 2.45) is 10.2 Å². The van der Waals surface area contributed by atoms with Crippen molar-refractivity contribution >= 4 is 57.2 Å². The number of anilines is 1. The van der Waals surface area contributed by atoms with Crippen LogP contribution >= 0.6 is 0 Å². The maximum Gasteiger partial charge on any atom is 0.336 e. The molecule has 0 aromatic heterocycles. The number of imide groups is 1. The molecule has 5 aromatic carbocycles. The van der Waals surface area contributed by atoms with Crippen LogP contribution in [-0.2, 0) is 22.6 Å². The Balaban J connectivity index is 0.915. The molecule has 2 saturated heterocycles. The molecular weight excluding hydrogens is 771 g/mol. The minimum absolute atomic E-state index is 0.00563. The number of amides is 3. The molecule has 306 valence electrons. The van der Waals surface area contributed by atoms with Crippen LogP contribution in [0.3, 0.4) is 0 Å². The van der Waals surface area contributed by atoms with Gasteiger partial charge in [0.05, 0.1) is 64.8 Å². The van der Waals surface area contributed by atoms with Gasteiger partial charge in [0.25, 0.3) is 17.5 Å². The second kappa shape index (κ2) is 17.1. The molecule has 0 bridgehead atoms. The molecular formula is C44H41N7O9. The number of morpholine rings is 1. The number of nitro groups is 1. The van der Waals surface area contributed by atoms with Crippen LogP contribution in [-0.4, -0.2) is 119 Å². The molecule has 0 unspecified atom stereocenters. The Bertz CT molecular complexity index is 2530. The van der Waals surface area contributed by atoms with Gasteiger partial charge in [-0.15, -0.1) is 0 Å². The van der Waals surface area contributed by atoms with Gasteiger partial charge in [-0.05, 0) is 71.1 Å². The van der Waals surface area contributed by atoms with Crippen LogP contribution in [0.4, 0.5) is 22.7 Å². The van der Waals surface area contributed by atoms with E-state index < -0.39 is 23.2 Å². The van der Waals surface area contributed by atoms with E-state index in [1.165, 1.54) is 29.2 Å². The Kier molecular flexibility index (Phi) is 11.4. The summed E-state index contributed by atoms with van der Waals surface area (Å²) in [6.45, 7) is 5.23. The summed E-state index contributed by atoms with van der Waals surface area (Å²) in [6, 6.07) is 25.1. The third-order valence-corrected chi connectivity index (χ3v) is 11.3. The van der Waals surface area contributed by atoms with E-state index in [1.54, 1.807) is 41.3 Å². The number of carboxylic acid groups (broad SMARTS) is 1. The number of aromatic carboxylic acids is 1. The molecule has 3 aliphatic heterocycles. The summed E-state index contributed by atoms with van der Waals surface area (Å²) in [6.07, 6.45) is 0.144. The number of carbonyl (C=O) groups excluding carboxylic acids is 3. The van der Waals surface area contributed by atoms with Crippen LogP contribution in [0.1, 0.15) is 42.2 Å². The Morgan fingerprint density at radius 2 is 1.43 bits per heavy atom. The van der Waals surface area contributed by atoms with Crippen molar-refractivity contribution in [3.8, 4) is 11.1 Å². The van der Waals surface area contributed by atoms with Gasteiger partial charge in [0, 0.05) is 69.0 Å². The first-order chi connectivity index (χ1) is 29.1. The van der Waals surface area contributed by atoms with Gasteiger partial charge in [0.2, 0.25) is 5.91 Å². The minimum atomic E-state index is -1.34. The zero-order chi connectivity index (χ0) is 41.9. The number of carboxylic acids is 1. The lowest BCUT2D eigenvalue weighted by Gasteiger charge is -2.38. The number of aliphatic hydroxyl groups excluding tert-OH is 1. The first-order valence-corrected chi connectivity index (χ1v) is 19.6. The summed E-state index contributed by atoms with van der Waals surface area (Å²) < 4.78 is 5.43. The first kappa shape index (κ1) is 39.9. The van der Waals surface area contributed by atoms with Crippen molar-refractivity contribution in [1.29, 1.82) is 0 Å². The molecule has 2 N–H and O–H groups in total. The number of hydrogen-bond donors (Lipinski definition) is 2. The van der Waals surface area contributed by atoms with E-state index in [1.807, 2.05) is 30.3 Å². The standard InChI is InChI=1S/C44H41N7O9/c52-27-30-9-14-36(44(56)57)39(41(30)51(58)59)28-5-10-32(11-6-28)45-46-33-12-7-29(8-13-33)42(54)49-18-16-48(17-19-49)37-25-31-26-38(53)50(20-15-47-21-23-60-24-22-47)43(55)40(31)35-4-2-1-3-34(35)37/h1-14,25,52H,15-24,26-27H2,(H,56,57)/b46-45+. The summed E-state index contributed by atoms with van der Waals surface area (Å²) in [5.74, 6) is -1.93. The molecule has 16 nitrogen and oxygen atoms in total. The fourth-order valence-corrected chi connectivity index (χ4v) is 8.12. The number of piperazine rings is 1. The summed E-state index contributed by atoms with van der Waals surface area (Å²) in [7, 11) is 0. The number of benzene rings is 5. The number of nitro benzene ring substituents is 1. The zero-order valence-electron chi connectivity index (χ0n) is 32.5. The van der Waals surface area contributed by atoms with Crippen molar-refractivity contribution in [3.05, 3.63) is 129 Å². The number of nitrogens with zero attached hydrogens (tertiary/aromatic N) is 7. The molecule has 0 atom stereocenters. The fourth-order valence-electron chi connectivity index (χ4n) is 8.12. The second-order valence-corrected chi connectivity index (χ2v) is 14.7. The predicted octanol–water partition coefficient (Wildman–Crippen LogP) is 5.84. The van der Waals surface area contributed by atoms with Crippen LogP contribution in [0.25, 0.3) is 21.9 Å². The lowest BCUT2D eigenvalue weighted by atomic mass is 9.91. The van der Waals surface area contributed by atoms with Gasteiger partial charge in [-0.2, -0.15) is 10.2 Å². The molecule has 2 fully saturated rings. The SMILES string of the molecule is O=C(O)c1ccc(CO)c([N+](=O)[O-])c1-c1ccc(/N=N/c2ccc(C(=O)N3CCN(c4cc5c(c6ccccc46)C(=O)N(CCN4CCOCC4)C(=O)C5)CC3)cc2)cc1. The van der Waals surface area contributed by atoms with E-state index >= 15 is 0 Å². The minimum Gasteiger partial charge on any atom is -0.478 e. The van der Waals surface area contributed by atoms with Crippen LogP contribution in [0.2, 0.25) is 0 Å². The van der Waals surface area contributed by atoms with E-state index in [2.05, 4.69) is 20.0 Å². The van der Waals surface area contributed by atoms with Crippen LogP contribution in [0.15, 0.2) is 101 Å². The Labute approximate surface area is 344 Å². The Hall–Kier alpha value is -6.88. The van der Waals surface area contributed by atoms with Gasteiger partial charge < -0.3 is 24.7 Å². The Morgan fingerprint density at radius 1 is 0.783 bits per heavy atom. The topological polar surface area (TPSA) is 199 Å². The number of hydrogen-bond acceptors (Lipinski definition) is 12. The van der Waals surface area contributed by atoms with Crippen molar-refractivity contribution in [2.75, 3.05) is 70.5 Å². The van der Waals surface area contributed by atoms with Gasteiger partial charge in [0.1, 0.15) is 0 Å². The molecule has 3 amide bonds. The number of rotatable bonds is 11. The highest BCUT2D eigenvalue weighted by Crippen LogP contribution is 2.38. The smallest absolute Gasteiger partial charge is 0.336 e. The molecule has 0 spiro atoms. The molecule has 5 aromatic rings. The van der Waals surface area contributed by atoms with E-state index in [9.17, 15) is 39.5 Å². The number of carbonyl (C=O) groups is 4. The molecule has 0 radical (unpaired) electrons. The molecule has 8 rings (SSSR count). The second-order valence-electron chi connectivity index (χ2n) is 14.7. The summed E-state index contributed by atoms with van der Waals surface area (Å²) in [5.41, 5.74) is 3.01. The zero-order valence-corrected chi connectivity index (χ0v) is 32.5. The average molecular weight is 812 g/mol. The Morgan fingerprint density at radius 3 is 2.07 bits per heavy atom. The van der Waals surface area contributed by atoms with E-state index in [-0.39, 0.29) is 46.4 Å². The highest BCUT2D eigenvalue weighted by Gasteiger charge is 2.35. The van der Waals surface area contributed by atoms with Crippen LogP contribution in [0.5, 0.6) is 0 Å². The van der Waals surface area contributed by atoms with Crippen LogP contribution in [0, 0.1) is 10.1 Å². The van der Waals surface area contributed by atoms with Gasteiger partial charge in [-0.1, -0.05) is 36.4 Å². The third-order valence-electron chi connectivity index (χ3n) is 11.3. The van der Waals surface area contributed by atoms with Crippen molar-refractivity contribution in [2.45, 2.75) is 13.0 Å². The molecule has 0 aliphatic carbocycles. The quantitative estimate of drug-likeness (QED) is 0.0703. The van der Waals surface area contributed by atoms with E-state index in [0.29, 0.717) is 75.0 Å². The highest BCUT2D eigenvalue weighted by molar-refractivity contribution is 6.18. The number of ether oxygens (including phenoxy) is 1. The third kappa shape index (κ3) is 7.95. The maximum atomic E-state index is 13.9. The molecule has 3 aliphatic rings. The summed E-state index contributed by atoms with van der Waals surface area (Å²) >= 11 is 0. The van der Waals surface area contributed by atoms with Gasteiger partial charge in [-0.25, -0.2) is 4.79 Å². The van der Waals surface area contributed by atoms with Gasteiger partial charge in [-0.3, -0.25) is 34.3 Å². The predicted molar refractivity (Wildman–Crippen MR) is 221 cm³/mol. The van der Waals surface area contributed by atoms with Crippen molar-refractivity contribution < 1.29 is 39.1 Å².